The number of hydrogen-bond acceptors (Lipinski definition) is 3. The monoisotopic (exact) mass is 406 g/mol. The van der Waals surface area contributed by atoms with Crippen molar-refractivity contribution < 1.29 is 14.3 Å². The number of amides is 2. The molecule has 142 valence electrons. The number of hydrogen-bond donors (Lipinski definition) is 1. The number of anilines is 1. The van der Waals surface area contributed by atoms with E-state index in [-0.39, 0.29) is 17.9 Å². The maximum Gasteiger partial charge on any atom is 0.254 e. The summed E-state index contributed by atoms with van der Waals surface area (Å²) in [6.45, 7) is 5.59. The van der Waals surface area contributed by atoms with Crippen molar-refractivity contribution in [3.05, 3.63) is 57.6 Å². The molecule has 0 unspecified atom stereocenters. The molecule has 1 atom stereocenters. The largest absolute Gasteiger partial charge is 0.491 e. The minimum absolute atomic E-state index is 0.0854. The molecule has 0 saturated heterocycles. The molecule has 2 aromatic rings. The van der Waals surface area contributed by atoms with Gasteiger partial charge in [0.15, 0.2) is 0 Å². The standard InChI is InChI=1S/C20H20Cl2N2O3/c1-11(2)27-14-6-4-13(5-7-14)10-24-19-16(22)9-8-15(21)17(19)18(20(24)26)23-12(3)25/h4-9,11,18H,10H2,1-3H3,(H,23,25)/t18-/m1/s1. The number of nitrogens with zero attached hydrogens (tertiary/aromatic N) is 1. The van der Waals surface area contributed by atoms with Gasteiger partial charge in [0.2, 0.25) is 5.91 Å². The number of nitrogens with one attached hydrogen (secondary N) is 1. The van der Waals surface area contributed by atoms with Gasteiger partial charge in [-0.25, -0.2) is 0 Å². The fraction of sp³-hybridized carbons (Fsp3) is 0.300. The Morgan fingerprint density at radius 3 is 2.37 bits per heavy atom. The summed E-state index contributed by atoms with van der Waals surface area (Å²) in [5.41, 5.74) is 1.98. The molecule has 2 aromatic carbocycles. The Morgan fingerprint density at radius 2 is 1.78 bits per heavy atom. The lowest BCUT2D eigenvalue weighted by Gasteiger charge is -2.19. The molecule has 1 heterocycles. The maximum atomic E-state index is 13.0. The Morgan fingerprint density at radius 1 is 1.15 bits per heavy atom. The van der Waals surface area contributed by atoms with Crippen molar-refractivity contribution in [2.45, 2.75) is 39.5 Å². The average molecular weight is 407 g/mol. The van der Waals surface area contributed by atoms with Crippen LogP contribution in [0.4, 0.5) is 5.69 Å². The van der Waals surface area contributed by atoms with E-state index in [4.69, 9.17) is 27.9 Å². The summed E-state index contributed by atoms with van der Waals surface area (Å²) in [6, 6.07) is 9.96. The van der Waals surface area contributed by atoms with Gasteiger partial charge in [-0.3, -0.25) is 9.59 Å². The Hall–Kier alpha value is -2.24. The molecule has 0 spiro atoms. The SMILES string of the molecule is CC(=O)N[C@H]1C(=O)N(Cc2ccc(OC(C)C)cc2)c2c(Cl)ccc(Cl)c21. The topological polar surface area (TPSA) is 58.6 Å². The van der Waals surface area contributed by atoms with Gasteiger partial charge in [-0.15, -0.1) is 0 Å². The van der Waals surface area contributed by atoms with Crippen LogP contribution in [0, 0.1) is 0 Å². The van der Waals surface area contributed by atoms with Gasteiger partial charge in [-0.05, 0) is 43.7 Å². The lowest BCUT2D eigenvalue weighted by atomic mass is 10.1. The smallest absolute Gasteiger partial charge is 0.254 e. The molecule has 0 radical (unpaired) electrons. The van der Waals surface area contributed by atoms with E-state index in [1.807, 2.05) is 38.1 Å². The minimum Gasteiger partial charge on any atom is -0.491 e. The summed E-state index contributed by atoms with van der Waals surface area (Å²) in [5.74, 6) is 0.184. The first-order chi connectivity index (χ1) is 12.8. The third-order valence-electron chi connectivity index (χ3n) is 4.17. The van der Waals surface area contributed by atoms with E-state index in [0.717, 1.165) is 11.3 Å². The molecule has 5 nitrogen and oxygen atoms in total. The molecule has 1 aliphatic rings. The zero-order valence-corrected chi connectivity index (χ0v) is 16.8. The second-order valence-corrected chi connectivity index (χ2v) is 7.47. The van der Waals surface area contributed by atoms with E-state index in [9.17, 15) is 9.59 Å². The molecular formula is C20H20Cl2N2O3. The van der Waals surface area contributed by atoms with Gasteiger partial charge in [0.1, 0.15) is 11.8 Å². The quantitative estimate of drug-likeness (QED) is 0.794. The zero-order valence-electron chi connectivity index (χ0n) is 15.3. The average Bonchev–Trinajstić information content (AvgIpc) is 2.86. The van der Waals surface area contributed by atoms with Gasteiger partial charge in [-0.1, -0.05) is 35.3 Å². The van der Waals surface area contributed by atoms with Crippen LogP contribution in [-0.2, 0) is 16.1 Å². The summed E-state index contributed by atoms with van der Waals surface area (Å²) < 4.78 is 5.65. The zero-order chi connectivity index (χ0) is 19.7. The summed E-state index contributed by atoms with van der Waals surface area (Å²) in [7, 11) is 0. The lowest BCUT2D eigenvalue weighted by molar-refractivity contribution is -0.126. The number of carbonyl (C=O) groups is 2. The molecule has 0 fully saturated rings. The number of benzene rings is 2. The van der Waals surface area contributed by atoms with E-state index >= 15 is 0 Å². The Kier molecular flexibility index (Phi) is 5.63. The second-order valence-electron chi connectivity index (χ2n) is 6.66. The highest BCUT2D eigenvalue weighted by atomic mass is 35.5. The number of ether oxygens (including phenoxy) is 1. The van der Waals surface area contributed by atoms with Gasteiger partial charge >= 0.3 is 0 Å². The van der Waals surface area contributed by atoms with Crippen molar-refractivity contribution in [1.82, 2.24) is 5.32 Å². The molecule has 0 aliphatic carbocycles. The molecule has 3 rings (SSSR count). The van der Waals surface area contributed by atoms with Crippen molar-refractivity contribution in [2.75, 3.05) is 4.90 Å². The first-order valence-corrected chi connectivity index (χ1v) is 9.35. The first kappa shape index (κ1) is 19.5. The maximum absolute atomic E-state index is 13.0. The van der Waals surface area contributed by atoms with Crippen LogP contribution in [0.2, 0.25) is 10.0 Å². The van der Waals surface area contributed by atoms with Crippen LogP contribution in [0.3, 0.4) is 0 Å². The van der Waals surface area contributed by atoms with E-state index in [1.165, 1.54) is 6.92 Å². The lowest BCUT2D eigenvalue weighted by Crippen LogP contribution is -2.36. The van der Waals surface area contributed by atoms with Crippen molar-refractivity contribution in [1.29, 1.82) is 0 Å². The predicted molar refractivity (Wildman–Crippen MR) is 106 cm³/mol. The molecular weight excluding hydrogens is 387 g/mol. The van der Waals surface area contributed by atoms with Crippen LogP contribution < -0.4 is 15.0 Å². The highest BCUT2D eigenvalue weighted by Gasteiger charge is 2.41. The molecule has 2 amide bonds. The predicted octanol–water partition coefficient (Wildman–Crippen LogP) is 4.50. The van der Waals surface area contributed by atoms with E-state index < -0.39 is 6.04 Å². The van der Waals surface area contributed by atoms with Crippen LogP contribution in [0.25, 0.3) is 0 Å². The first-order valence-electron chi connectivity index (χ1n) is 8.60. The normalized spacial score (nSPS) is 15.9. The summed E-state index contributed by atoms with van der Waals surface area (Å²) >= 11 is 12.7. The molecule has 0 saturated carbocycles. The molecule has 27 heavy (non-hydrogen) atoms. The molecule has 0 bridgehead atoms. The van der Waals surface area contributed by atoms with E-state index in [0.29, 0.717) is 27.8 Å². The number of halogens is 2. The van der Waals surface area contributed by atoms with Crippen molar-refractivity contribution >= 4 is 40.7 Å². The molecule has 7 heteroatoms. The van der Waals surface area contributed by atoms with Gasteiger partial charge in [0, 0.05) is 17.5 Å². The third-order valence-corrected chi connectivity index (χ3v) is 4.80. The van der Waals surface area contributed by atoms with Gasteiger partial charge in [0.05, 0.1) is 23.4 Å². The minimum atomic E-state index is -0.841. The fourth-order valence-electron chi connectivity index (χ4n) is 3.12. The van der Waals surface area contributed by atoms with Crippen LogP contribution in [0.15, 0.2) is 36.4 Å². The molecule has 1 aliphatic heterocycles. The van der Waals surface area contributed by atoms with Crippen molar-refractivity contribution in [2.24, 2.45) is 0 Å². The van der Waals surface area contributed by atoms with E-state index in [1.54, 1.807) is 17.0 Å². The summed E-state index contributed by atoms with van der Waals surface area (Å²) in [4.78, 5) is 26.1. The van der Waals surface area contributed by atoms with Gasteiger partial charge < -0.3 is 15.0 Å². The highest BCUT2D eigenvalue weighted by Crippen LogP contribution is 2.45. The van der Waals surface area contributed by atoms with Crippen LogP contribution in [-0.4, -0.2) is 17.9 Å². The van der Waals surface area contributed by atoms with Gasteiger partial charge in [-0.2, -0.15) is 0 Å². The van der Waals surface area contributed by atoms with Gasteiger partial charge in [0.25, 0.3) is 5.91 Å². The fourth-order valence-corrected chi connectivity index (χ4v) is 3.65. The Bertz CT molecular complexity index is 882. The van der Waals surface area contributed by atoms with Crippen molar-refractivity contribution in [3.63, 3.8) is 0 Å². The van der Waals surface area contributed by atoms with Crippen LogP contribution >= 0.6 is 23.2 Å². The summed E-state index contributed by atoms with van der Waals surface area (Å²) in [6.07, 6.45) is 0.0854. The second kappa shape index (κ2) is 7.79. The van der Waals surface area contributed by atoms with E-state index in [2.05, 4.69) is 5.32 Å². The number of carbonyl (C=O) groups excluding carboxylic acids is 2. The highest BCUT2D eigenvalue weighted by molar-refractivity contribution is 6.38. The summed E-state index contributed by atoms with van der Waals surface area (Å²) in [5, 5.41) is 3.47. The molecule has 0 aromatic heterocycles. The Labute approximate surface area is 168 Å². The van der Waals surface area contributed by atoms with Crippen molar-refractivity contribution in [3.8, 4) is 5.75 Å². The van der Waals surface area contributed by atoms with Crippen LogP contribution in [0.5, 0.6) is 5.75 Å². The third kappa shape index (κ3) is 4.04. The van der Waals surface area contributed by atoms with Crippen LogP contribution in [0.1, 0.15) is 37.9 Å². The molecule has 1 N–H and O–H groups in total. The Balaban J connectivity index is 1.93. The number of fused-ring (bicyclic) bond motifs is 1. The number of rotatable bonds is 5.